The van der Waals surface area contributed by atoms with E-state index in [0.29, 0.717) is 11.5 Å². The van der Waals surface area contributed by atoms with Crippen LogP contribution in [0.15, 0.2) is 54.6 Å². The summed E-state index contributed by atoms with van der Waals surface area (Å²) in [5, 5.41) is 12.1. The van der Waals surface area contributed by atoms with Gasteiger partial charge >= 0.3 is 5.97 Å². The predicted octanol–water partition coefficient (Wildman–Crippen LogP) is 4.65. The molecule has 2 aromatic carbocycles. The second-order valence-electron chi connectivity index (χ2n) is 10.4. The quantitative estimate of drug-likeness (QED) is 0.547. The molecule has 5 rings (SSSR count). The van der Waals surface area contributed by atoms with Gasteiger partial charge in [-0.25, -0.2) is 0 Å². The molecule has 3 N–H and O–H groups in total. The maximum absolute atomic E-state index is 12.6. The van der Waals surface area contributed by atoms with Crippen molar-refractivity contribution in [3.05, 3.63) is 71.3 Å². The zero-order chi connectivity index (χ0) is 21.7. The Morgan fingerprint density at radius 1 is 1.06 bits per heavy atom. The van der Waals surface area contributed by atoms with E-state index in [4.69, 9.17) is 4.84 Å². The number of nitrogens with two attached hydrogens (primary N) is 1. The smallest absolute Gasteiger partial charge is 0.384 e. The van der Waals surface area contributed by atoms with Gasteiger partial charge in [0.15, 0.2) is 6.04 Å². The van der Waals surface area contributed by atoms with Crippen molar-refractivity contribution in [1.29, 1.82) is 0 Å². The number of benzene rings is 2. The minimum absolute atomic E-state index is 0.0270. The summed E-state index contributed by atoms with van der Waals surface area (Å²) in [6, 6.07) is 17.6. The number of hydrogen-bond donors (Lipinski definition) is 2. The molecule has 2 aromatic rings. The molecule has 0 aliphatic heterocycles. The van der Waals surface area contributed by atoms with Gasteiger partial charge in [-0.1, -0.05) is 72.5 Å². The Morgan fingerprint density at radius 2 is 1.81 bits per heavy atom. The van der Waals surface area contributed by atoms with E-state index in [1.807, 2.05) is 61.5 Å². The molecular weight excluding hydrogens is 386 g/mol. The molecule has 3 aliphatic rings. The molecule has 4 heteroatoms. The van der Waals surface area contributed by atoms with Crippen molar-refractivity contribution in [2.24, 2.45) is 16.7 Å². The molecule has 2 bridgehead atoms. The fraction of sp³-hybridized carbons (Fsp3) is 0.519. The minimum atomic E-state index is -0.778. The lowest BCUT2D eigenvalue weighted by Crippen LogP contribution is -2.84. The molecule has 0 heterocycles. The van der Waals surface area contributed by atoms with Gasteiger partial charge in [-0.15, -0.1) is 0 Å². The molecule has 1 spiro atoms. The van der Waals surface area contributed by atoms with Crippen LogP contribution >= 0.6 is 0 Å². The first kappa shape index (κ1) is 20.7. The van der Waals surface area contributed by atoms with Gasteiger partial charge in [0.25, 0.3) is 0 Å². The summed E-state index contributed by atoms with van der Waals surface area (Å²) in [4.78, 5) is 18.1. The Balaban J connectivity index is 1.31. The second kappa shape index (κ2) is 7.46. The van der Waals surface area contributed by atoms with Gasteiger partial charge < -0.3 is 5.11 Å². The Bertz CT molecular complexity index is 958. The lowest BCUT2D eigenvalue weighted by atomic mass is 9.31. The van der Waals surface area contributed by atoms with Crippen LogP contribution < -0.4 is 5.48 Å². The van der Waals surface area contributed by atoms with E-state index in [1.165, 1.54) is 25.7 Å². The number of aliphatic hydroxyl groups is 1. The average Bonchev–Trinajstić information content (AvgIpc) is 2.82. The van der Waals surface area contributed by atoms with E-state index in [0.717, 1.165) is 30.4 Å². The summed E-state index contributed by atoms with van der Waals surface area (Å²) in [7, 11) is 0. The molecule has 1 unspecified atom stereocenters. The number of quaternary nitrogens is 1. The SMILES string of the molecule is CC([NH2+]OC(=[O+])c1ccc([C@]2(O)[C@]3(C)CC[C@@H]4CCCC[C@@]42C3)cc1)c1ccccc1. The van der Waals surface area contributed by atoms with Gasteiger partial charge in [-0.05, 0) is 62.6 Å². The first-order chi connectivity index (χ1) is 14.9. The Labute approximate surface area is 185 Å². The van der Waals surface area contributed by atoms with Crippen LogP contribution in [0.5, 0.6) is 0 Å². The number of hydroxylamine groups is 1. The highest BCUT2D eigenvalue weighted by molar-refractivity contribution is 5.88. The molecule has 1 radical (unpaired) electrons. The van der Waals surface area contributed by atoms with E-state index >= 15 is 0 Å². The maximum Gasteiger partial charge on any atom is 0.669 e. The third kappa shape index (κ3) is 2.99. The summed E-state index contributed by atoms with van der Waals surface area (Å²) in [5.41, 5.74) is 3.41. The lowest BCUT2D eigenvalue weighted by molar-refractivity contribution is -0.898. The third-order valence-corrected chi connectivity index (χ3v) is 8.79. The predicted molar refractivity (Wildman–Crippen MR) is 119 cm³/mol. The fourth-order valence-electron chi connectivity index (χ4n) is 7.20. The summed E-state index contributed by atoms with van der Waals surface area (Å²) < 4.78 is 0. The van der Waals surface area contributed by atoms with Gasteiger partial charge in [0.2, 0.25) is 0 Å². The topological polar surface area (TPSA) is 66.0 Å². The third-order valence-electron chi connectivity index (χ3n) is 8.79. The first-order valence-electron chi connectivity index (χ1n) is 11.8. The van der Waals surface area contributed by atoms with Crippen molar-refractivity contribution in [1.82, 2.24) is 0 Å². The molecule has 0 saturated heterocycles. The zero-order valence-corrected chi connectivity index (χ0v) is 18.6. The van der Waals surface area contributed by atoms with Crippen LogP contribution in [0.1, 0.15) is 86.3 Å². The molecule has 3 fully saturated rings. The maximum atomic E-state index is 12.6. The van der Waals surface area contributed by atoms with E-state index in [9.17, 15) is 9.90 Å². The van der Waals surface area contributed by atoms with Crippen molar-refractivity contribution < 1.29 is 20.2 Å². The van der Waals surface area contributed by atoms with E-state index in [1.54, 1.807) is 5.48 Å². The highest BCUT2D eigenvalue weighted by Crippen LogP contribution is 2.78. The van der Waals surface area contributed by atoms with Crippen LogP contribution in [0.2, 0.25) is 0 Å². The molecule has 3 saturated carbocycles. The molecule has 0 aromatic heterocycles. The summed E-state index contributed by atoms with van der Waals surface area (Å²) in [6.07, 6.45) is 8.36. The van der Waals surface area contributed by atoms with Crippen LogP contribution in [0.4, 0.5) is 0 Å². The number of carbonyl (C=O) groups excluding carboxylic acids is 1. The van der Waals surface area contributed by atoms with Crippen LogP contribution in [-0.2, 0) is 10.4 Å². The Hall–Kier alpha value is -2.17. The average molecular weight is 421 g/mol. The standard InChI is InChI=1S/C27H33NO3/c1-19(20-8-4-3-5-9-20)28-31-24(29)21-11-13-23(14-12-21)27(30)25(2)17-15-22-10-6-7-16-26(22,27)18-25/h3-5,8-9,11-14,19,22,28,30H,6-7,10,15-18H2,1-2H3/q+1/p+1/t19?,22-,25+,26+,27-/m0/s1. The first-order valence-corrected chi connectivity index (χ1v) is 11.8. The van der Waals surface area contributed by atoms with Crippen molar-refractivity contribution in [2.75, 3.05) is 0 Å². The molecule has 5 atom stereocenters. The van der Waals surface area contributed by atoms with Gasteiger partial charge in [-0.2, -0.15) is 0 Å². The van der Waals surface area contributed by atoms with E-state index in [-0.39, 0.29) is 22.8 Å². The zero-order valence-electron chi connectivity index (χ0n) is 18.6. The van der Waals surface area contributed by atoms with E-state index in [2.05, 4.69) is 6.92 Å². The fourth-order valence-corrected chi connectivity index (χ4v) is 7.20. The van der Waals surface area contributed by atoms with Crippen LogP contribution in [0.3, 0.4) is 0 Å². The highest BCUT2D eigenvalue weighted by atomic mass is 16.7. The number of rotatable bonds is 5. The molecule has 31 heavy (non-hydrogen) atoms. The Morgan fingerprint density at radius 3 is 2.55 bits per heavy atom. The summed E-state index contributed by atoms with van der Waals surface area (Å²) in [5.74, 6) is 0.279. The summed E-state index contributed by atoms with van der Waals surface area (Å²) in [6.45, 7) is 4.27. The van der Waals surface area contributed by atoms with Crippen molar-refractivity contribution >= 4 is 5.97 Å². The highest BCUT2D eigenvalue weighted by Gasteiger charge is 2.75. The molecule has 163 valence electrons. The number of carbonyl (C=O) groups is 1. The van der Waals surface area contributed by atoms with E-state index < -0.39 is 5.60 Å². The number of hydrogen-bond acceptors (Lipinski definition) is 3. The lowest BCUT2D eigenvalue weighted by Gasteiger charge is -2.75. The molecular formula is C27H34NO3+2. The van der Waals surface area contributed by atoms with Gasteiger partial charge in [0.1, 0.15) is 11.2 Å². The normalized spacial score (nSPS) is 34.9. The van der Waals surface area contributed by atoms with Crippen LogP contribution in [0, 0.1) is 16.7 Å². The largest absolute Gasteiger partial charge is 0.669 e. The number of fused-ring (bicyclic) bond motifs is 1. The van der Waals surface area contributed by atoms with Crippen LogP contribution in [-0.4, -0.2) is 11.1 Å². The monoisotopic (exact) mass is 420 g/mol. The molecule has 4 nitrogen and oxygen atoms in total. The second-order valence-corrected chi connectivity index (χ2v) is 10.4. The molecule has 0 amide bonds. The molecule has 3 aliphatic carbocycles. The van der Waals surface area contributed by atoms with Crippen molar-refractivity contribution in [3.63, 3.8) is 0 Å². The van der Waals surface area contributed by atoms with Gasteiger partial charge in [0, 0.05) is 16.4 Å². The van der Waals surface area contributed by atoms with Crippen LogP contribution in [0.25, 0.3) is 0 Å². The minimum Gasteiger partial charge on any atom is -0.384 e. The van der Waals surface area contributed by atoms with Gasteiger partial charge in [0.05, 0.1) is 4.79 Å². The van der Waals surface area contributed by atoms with Crippen molar-refractivity contribution in [2.45, 2.75) is 70.4 Å². The van der Waals surface area contributed by atoms with Gasteiger partial charge in [-0.3, -0.25) is 0 Å². The van der Waals surface area contributed by atoms with Crippen molar-refractivity contribution in [3.8, 4) is 0 Å². The summed E-state index contributed by atoms with van der Waals surface area (Å²) >= 11 is 0. The Kier molecular flexibility index (Phi) is 4.98.